The van der Waals surface area contributed by atoms with Crippen LogP contribution in [0.1, 0.15) is 31.1 Å². The van der Waals surface area contributed by atoms with Crippen LogP contribution in [0.3, 0.4) is 0 Å². The van der Waals surface area contributed by atoms with Crippen LogP contribution >= 0.6 is 11.8 Å². The Bertz CT molecular complexity index is 820. The minimum absolute atomic E-state index is 0.0163. The molecule has 0 saturated heterocycles. The number of para-hydroxylation sites is 1. The van der Waals surface area contributed by atoms with Gasteiger partial charge in [-0.2, -0.15) is 0 Å². The average molecular weight is 337 g/mol. The smallest absolute Gasteiger partial charge is 0.127 e. The number of hydrogen-bond acceptors (Lipinski definition) is 2. The second kappa shape index (κ2) is 7.63. The van der Waals surface area contributed by atoms with Crippen molar-refractivity contribution >= 4 is 23.2 Å². The molecule has 0 saturated carbocycles. The summed E-state index contributed by atoms with van der Waals surface area (Å²) in [6, 6.07) is 15.1. The fraction of sp³-hybridized carbons (Fsp3) is 0.190. The van der Waals surface area contributed by atoms with Crippen LogP contribution in [0.15, 0.2) is 82.2 Å². The van der Waals surface area contributed by atoms with Crippen LogP contribution in [0.25, 0.3) is 0 Å². The van der Waals surface area contributed by atoms with Gasteiger partial charge in [-0.15, -0.1) is 11.8 Å². The van der Waals surface area contributed by atoms with E-state index in [1.165, 1.54) is 6.07 Å². The summed E-state index contributed by atoms with van der Waals surface area (Å²) in [6.45, 7) is 4.06. The SMILES string of the molecule is C/C=C\C=C(/C)C1=Nc2ccccc2SC(c2ccccc2F)C1. The van der Waals surface area contributed by atoms with E-state index in [0.717, 1.165) is 27.4 Å². The first-order valence-electron chi connectivity index (χ1n) is 8.06. The second-order valence-electron chi connectivity index (χ2n) is 5.73. The third kappa shape index (κ3) is 3.68. The molecule has 0 N–H and O–H groups in total. The molecule has 2 aromatic rings. The Labute approximate surface area is 147 Å². The van der Waals surface area contributed by atoms with Gasteiger partial charge < -0.3 is 0 Å². The van der Waals surface area contributed by atoms with Crippen molar-refractivity contribution in [2.45, 2.75) is 30.4 Å². The third-order valence-electron chi connectivity index (χ3n) is 4.01. The summed E-state index contributed by atoms with van der Waals surface area (Å²) < 4.78 is 14.3. The molecule has 1 nitrogen and oxygen atoms in total. The summed E-state index contributed by atoms with van der Waals surface area (Å²) in [6.07, 6.45) is 6.79. The Hall–Kier alpha value is -2.13. The van der Waals surface area contributed by atoms with Crippen molar-refractivity contribution in [2.75, 3.05) is 0 Å². The molecule has 1 aliphatic rings. The molecule has 1 atom stereocenters. The van der Waals surface area contributed by atoms with Gasteiger partial charge in [-0.05, 0) is 37.6 Å². The number of fused-ring (bicyclic) bond motifs is 1. The van der Waals surface area contributed by atoms with Crippen LogP contribution in [0.4, 0.5) is 10.1 Å². The van der Waals surface area contributed by atoms with E-state index in [0.29, 0.717) is 6.42 Å². The first kappa shape index (κ1) is 16.7. The number of nitrogens with zero attached hydrogens (tertiary/aromatic N) is 1. The van der Waals surface area contributed by atoms with Gasteiger partial charge in [-0.3, -0.25) is 4.99 Å². The zero-order chi connectivity index (χ0) is 16.9. The van der Waals surface area contributed by atoms with Crippen LogP contribution in [-0.4, -0.2) is 5.71 Å². The topological polar surface area (TPSA) is 12.4 Å². The molecule has 0 spiro atoms. The second-order valence-corrected chi connectivity index (χ2v) is 6.98. The number of rotatable bonds is 3. The molecule has 0 bridgehead atoms. The van der Waals surface area contributed by atoms with Crippen molar-refractivity contribution in [3.05, 3.63) is 83.7 Å². The molecule has 1 unspecified atom stereocenters. The van der Waals surface area contributed by atoms with Gasteiger partial charge in [0.05, 0.1) is 5.69 Å². The van der Waals surface area contributed by atoms with E-state index in [1.807, 2.05) is 49.4 Å². The summed E-state index contributed by atoms with van der Waals surface area (Å²) in [5.74, 6) is -0.149. The minimum Gasteiger partial charge on any atom is -0.252 e. The number of halogens is 1. The van der Waals surface area contributed by atoms with Crippen LogP contribution in [0.5, 0.6) is 0 Å². The predicted octanol–water partition coefficient (Wildman–Crippen LogP) is 6.66. The lowest BCUT2D eigenvalue weighted by Crippen LogP contribution is -2.06. The minimum atomic E-state index is -0.149. The molecule has 0 aromatic heterocycles. The van der Waals surface area contributed by atoms with Crippen molar-refractivity contribution in [2.24, 2.45) is 4.99 Å². The lowest BCUT2D eigenvalue weighted by atomic mass is 10.0. The van der Waals surface area contributed by atoms with Gasteiger partial charge in [0.15, 0.2) is 0 Å². The Kier molecular flexibility index (Phi) is 5.31. The highest BCUT2D eigenvalue weighted by Gasteiger charge is 2.24. The molecule has 24 heavy (non-hydrogen) atoms. The van der Waals surface area contributed by atoms with Crippen molar-refractivity contribution in [3.8, 4) is 0 Å². The Morgan fingerprint density at radius 3 is 2.71 bits per heavy atom. The molecule has 2 aromatic carbocycles. The highest BCUT2D eigenvalue weighted by atomic mass is 32.2. The van der Waals surface area contributed by atoms with E-state index in [-0.39, 0.29) is 11.1 Å². The standard InChI is InChI=1S/C21H20FNS/c1-3-4-9-15(2)19-14-21(16-10-5-6-11-17(16)22)24-20-13-8-7-12-18(20)23-19/h3-13,21H,14H2,1-2H3/b4-3-,15-9+. The van der Waals surface area contributed by atoms with Gasteiger partial charge >= 0.3 is 0 Å². The summed E-state index contributed by atoms with van der Waals surface area (Å²) in [7, 11) is 0. The van der Waals surface area contributed by atoms with Gasteiger partial charge in [-0.25, -0.2) is 4.39 Å². The maximum absolute atomic E-state index is 14.3. The van der Waals surface area contributed by atoms with E-state index in [1.54, 1.807) is 17.8 Å². The largest absolute Gasteiger partial charge is 0.252 e. The number of thioether (sulfide) groups is 1. The normalized spacial score (nSPS) is 18.2. The molecule has 0 aliphatic carbocycles. The van der Waals surface area contributed by atoms with Crippen LogP contribution in [-0.2, 0) is 0 Å². The molecule has 0 radical (unpaired) electrons. The predicted molar refractivity (Wildman–Crippen MR) is 102 cm³/mol. The van der Waals surface area contributed by atoms with Gasteiger partial charge in [-0.1, -0.05) is 48.6 Å². The van der Waals surface area contributed by atoms with Crippen LogP contribution < -0.4 is 0 Å². The molecule has 1 aliphatic heterocycles. The van der Waals surface area contributed by atoms with Gasteiger partial charge in [0.1, 0.15) is 5.82 Å². The number of benzene rings is 2. The number of hydrogen-bond donors (Lipinski definition) is 0. The molecule has 122 valence electrons. The van der Waals surface area contributed by atoms with E-state index >= 15 is 0 Å². The first-order valence-corrected chi connectivity index (χ1v) is 8.94. The summed E-state index contributed by atoms with van der Waals surface area (Å²) >= 11 is 1.69. The average Bonchev–Trinajstić information content (AvgIpc) is 2.79. The van der Waals surface area contributed by atoms with Crippen molar-refractivity contribution in [1.82, 2.24) is 0 Å². The van der Waals surface area contributed by atoms with E-state index in [4.69, 9.17) is 4.99 Å². The Balaban J connectivity index is 2.06. The quantitative estimate of drug-likeness (QED) is 0.571. The molecule has 3 rings (SSSR count). The van der Waals surface area contributed by atoms with Gasteiger partial charge in [0.2, 0.25) is 0 Å². The molecular weight excluding hydrogens is 317 g/mol. The Morgan fingerprint density at radius 2 is 1.92 bits per heavy atom. The maximum Gasteiger partial charge on any atom is 0.127 e. The van der Waals surface area contributed by atoms with Crippen molar-refractivity contribution in [1.29, 1.82) is 0 Å². The van der Waals surface area contributed by atoms with Gasteiger partial charge in [0, 0.05) is 27.8 Å². The molecular formula is C21H20FNS. The van der Waals surface area contributed by atoms with Gasteiger partial charge in [0.25, 0.3) is 0 Å². The van der Waals surface area contributed by atoms with Crippen molar-refractivity contribution < 1.29 is 4.39 Å². The molecule has 3 heteroatoms. The number of allylic oxidation sites excluding steroid dienone is 4. The van der Waals surface area contributed by atoms with E-state index in [9.17, 15) is 4.39 Å². The lowest BCUT2D eigenvalue weighted by Gasteiger charge is -2.17. The zero-order valence-corrected chi connectivity index (χ0v) is 14.7. The van der Waals surface area contributed by atoms with Crippen molar-refractivity contribution in [3.63, 3.8) is 0 Å². The Morgan fingerprint density at radius 1 is 1.17 bits per heavy atom. The molecule has 0 fully saturated rings. The highest BCUT2D eigenvalue weighted by molar-refractivity contribution is 7.99. The summed E-state index contributed by atoms with van der Waals surface area (Å²) in [4.78, 5) is 5.97. The summed E-state index contributed by atoms with van der Waals surface area (Å²) in [5.41, 5.74) is 3.83. The lowest BCUT2D eigenvalue weighted by molar-refractivity contribution is 0.609. The van der Waals surface area contributed by atoms with Crippen LogP contribution in [0.2, 0.25) is 0 Å². The fourth-order valence-electron chi connectivity index (χ4n) is 2.71. The fourth-order valence-corrected chi connectivity index (χ4v) is 3.96. The summed E-state index contributed by atoms with van der Waals surface area (Å²) in [5, 5.41) is 0.0163. The first-order chi connectivity index (χ1) is 11.7. The monoisotopic (exact) mass is 337 g/mol. The number of aliphatic imine (C=N–C) groups is 1. The zero-order valence-electron chi connectivity index (χ0n) is 13.9. The third-order valence-corrected chi connectivity index (χ3v) is 5.32. The molecule has 1 heterocycles. The maximum atomic E-state index is 14.3. The highest BCUT2D eigenvalue weighted by Crippen LogP contribution is 2.45. The molecule has 0 amide bonds. The van der Waals surface area contributed by atoms with E-state index < -0.39 is 0 Å². The van der Waals surface area contributed by atoms with Crippen LogP contribution in [0, 0.1) is 5.82 Å². The van der Waals surface area contributed by atoms with E-state index in [2.05, 4.69) is 19.1 Å².